The summed E-state index contributed by atoms with van der Waals surface area (Å²) in [5.41, 5.74) is 3.28. The normalized spacial score (nSPS) is 22.3. The fraction of sp³-hybridized carbons (Fsp3) is 0.500. The Hall–Kier alpha value is -2.27. The Kier molecular flexibility index (Phi) is 6.47. The monoisotopic (exact) mass is 428 g/mol. The summed E-state index contributed by atoms with van der Waals surface area (Å²) in [6, 6.07) is 7.49. The summed E-state index contributed by atoms with van der Waals surface area (Å²) in [6.45, 7) is 4.42. The lowest BCUT2D eigenvalue weighted by Crippen LogP contribution is -2.40. The number of benzene rings is 1. The van der Waals surface area contributed by atoms with Crippen molar-refractivity contribution in [1.29, 1.82) is 0 Å². The van der Waals surface area contributed by atoms with Crippen LogP contribution in [0.1, 0.15) is 44.6 Å². The van der Waals surface area contributed by atoms with Crippen molar-refractivity contribution in [3.05, 3.63) is 58.0 Å². The van der Waals surface area contributed by atoms with Crippen molar-refractivity contribution >= 4 is 23.4 Å². The molecule has 0 radical (unpaired) electrons. The number of rotatable bonds is 5. The van der Waals surface area contributed by atoms with E-state index in [9.17, 15) is 9.59 Å². The molecule has 0 aromatic heterocycles. The molecule has 30 heavy (non-hydrogen) atoms. The highest BCUT2D eigenvalue weighted by Gasteiger charge is 2.27. The number of likely N-dealkylation sites (tertiary alicyclic amines) is 1. The number of allylic oxidation sites excluding steroid dienone is 4. The number of ether oxygens (including phenoxy) is 1. The highest BCUT2D eigenvalue weighted by atomic mass is 35.5. The van der Waals surface area contributed by atoms with E-state index in [0.29, 0.717) is 30.4 Å². The van der Waals surface area contributed by atoms with Gasteiger partial charge in [0, 0.05) is 36.1 Å². The van der Waals surface area contributed by atoms with Crippen molar-refractivity contribution in [1.82, 2.24) is 10.2 Å². The summed E-state index contributed by atoms with van der Waals surface area (Å²) in [7, 11) is 0. The molecule has 1 unspecified atom stereocenters. The van der Waals surface area contributed by atoms with E-state index in [-0.39, 0.29) is 17.7 Å². The van der Waals surface area contributed by atoms with Crippen molar-refractivity contribution in [3.8, 4) is 0 Å². The average molecular weight is 429 g/mol. The molecule has 0 bridgehead atoms. The highest BCUT2D eigenvalue weighted by Crippen LogP contribution is 2.33. The molecule has 1 atom stereocenters. The Morgan fingerprint density at radius 2 is 1.93 bits per heavy atom. The van der Waals surface area contributed by atoms with Gasteiger partial charge in [-0.2, -0.15) is 0 Å². The van der Waals surface area contributed by atoms with Crippen LogP contribution in [0.15, 0.2) is 47.4 Å². The molecule has 5 nitrogen and oxygen atoms in total. The minimum Gasteiger partial charge on any atom is -0.497 e. The summed E-state index contributed by atoms with van der Waals surface area (Å²) in [4.78, 5) is 26.1. The Morgan fingerprint density at radius 3 is 2.67 bits per heavy atom. The Bertz CT molecular complexity index is 867. The number of hydrogen-bond acceptors (Lipinski definition) is 3. The van der Waals surface area contributed by atoms with Crippen molar-refractivity contribution in [3.63, 3.8) is 0 Å². The average Bonchev–Trinajstić information content (AvgIpc) is 2.74. The summed E-state index contributed by atoms with van der Waals surface area (Å²) >= 11 is 5.92. The predicted molar refractivity (Wildman–Crippen MR) is 117 cm³/mol. The number of nitrogens with one attached hydrogen (secondary N) is 1. The van der Waals surface area contributed by atoms with E-state index in [4.69, 9.17) is 16.3 Å². The molecule has 4 rings (SSSR count). The Labute approximate surface area is 183 Å². The van der Waals surface area contributed by atoms with Crippen molar-refractivity contribution in [2.45, 2.75) is 45.4 Å². The second-order valence-corrected chi connectivity index (χ2v) is 9.08. The zero-order chi connectivity index (χ0) is 21.1. The number of nitrogens with zero attached hydrogens (tertiary/aromatic N) is 1. The van der Waals surface area contributed by atoms with Crippen LogP contribution in [0, 0.1) is 11.8 Å². The van der Waals surface area contributed by atoms with Crippen LogP contribution in [-0.4, -0.2) is 36.4 Å². The number of hydrogen-bond donors (Lipinski definition) is 1. The molecule has 1 saturated heterocycles. The molecule has 1 fully saturated rings. The van der Waals surface area contributed by atoms with Gasteiger partial charge in [-0.1, -0.05) is 30.7 Å². The molecule has 2 heterocycles. The molecule has 0 spiro atoms. The molecule has 160 valence electrons. The first kappa shape index (κ1) is 21.0. The molecule has 1 N–H and O–H groups in total. The lowest BCUT2D eigenvalue weighted by molar-refractivity contribution is -0.132. The highest BCUT2D eigenvalue weighted by molar-refractivity contribution is 6.30. The second kappa shape index (κ2) is 9.25. The van der Waals surface area contributed by atoms with E-state index in [1.807, 2.05) is 29.2 Å². The van der Waals surface area contributed by atoms with Gasteiger partial charge in [0.1, 0.15) is 0 Å². The number of piperidine rings is 1. The molecule has 3 aliphatic rings. The number of carbonyl (C=O) groups excluding carboxylic acids is 2. The van der Waals surface area contributed by atoms with Crippen LogP contribution in [0.25, 0.3) is 0 Å². The van der Waals surface area contributed by atoms with Crippen molar-refractivity contribution in [2.24, 2.45) is 11.8 Å². The summed E-state index contributed by atoms with van der Waals surface area (Å²) in [6.07, 6.45) is 6.69. The SMILES string of the molecule is CC1CC2=C(C=C1OCC1CCN(C(=O)Cc3ccc(Cl)cc3)CC1)CCC(=O)N2. The van der Waals surface area contributed by atoms with E-state index >= 15 is 0 Å². The molecular formula is C24H29ClN2O3. The fourth-order valence-electron chi connectivity index (χ4n) is 4.41. The van der Waals surface area contributed by atoms with Gasteiger partial charge in [-0.05, 0) is 60.9 Å². The van der Waals surface area contributed by atoms with Crippen LogP contribution in [0.5, 0.6) is 0 Å². The molecule has 1 aromatic rings. The van der Waals surface area contributed by atoms with Gasteiger partial charge in [0.05, 0.1) is 18.8 Å². The minimum absolute atomic E-state index is 0.121. The van der Waals surface area contributed by atoms with Crippen molar-refractivity contribution in [2.75, 3.05) is 19.7 Å². The van der Waals surface area contributed by atoms with Gasteiger partial charge in [0.2, 0.25) is 11.8 Å². The van der Waals surface area contributed by atoms with E-state index in [0.717, 1.165) is 55.8 Å². The van der Waals surface area contributed by atoms with Crippen LogP contribution in [0.2, 0.25) is 5.02 Å². The zero-order valence-corrected chi connectivity index (χ0v) is 18.2. The fourth-order valence-corrected chi connectivity index (χ4v) is 4.53. The lowest BCUT2D eigenvalue weighted by Gasteiger charge is -2.33. The second-order valence-electron chi connectivity index (χ2n) is 8.64. The Balaban J connectivity index is 1.24. The molecule has 1 aromatic carbocycles. The lowest BCUT2D eigenvalue weighted by atomic mass is 9.89. The number of halogens is 1. The van der Waals surface area contributed by atoms with E-state index < -0.39 is 0 Å². The number of carbonyl (C=O) groups is 2. The first-order valence-electron chi connectivity index (χ1n) is 10.9. The van der Waals surface area contributed by atoms with Gasteiger partial charge in [-0.3, -0.25) is 9.59 Å². The maximum absolute atomic E-state index is 12.6. The third-order valence-corrected chi connectivity index (χ3v) is 6.59. The van der Waals surface area contributed by atoms with Crippen LogP contribution in [-0.2, 0) is 20.7 Å². The van der Waals surface area contributed by atoms with Crippen LogP contribution in [0.3, 0.4) is 0 Å². The summed E-state index contributed by atoms with van der Waals surface area (Å²) in [5.74, 6) is 2.09. The molecule has 2 aliphatic heterocycles. The maximum atomic E-state index is 12.6. The van der Waals surface area contributed by atoms with Crippen LogP contribution in [0.4, 0.5) is 0 Å². The van der Waals surface area contributed by atoms with Gasteiger partial charge in [-0.25, -0.2) is 0 Å². The van der Waals surface area contributed by atoms with Gasteiger partial charge < -0.3 is 15.0 Å². The topological polar surface area (TPSA) is 58.6 Å². The third-order valence-electron chi connectivity index (χ3n) is 6.33. The minimum atomic E-state index is 0.121. The first-order valence-corrected chi connectivity index (χ1v) is 11.2. The van der Waals surface area contributed by atoms with Gasteiger partial charge in [0.25, 0.3) is 0 Å². The standard InChI is InChI=1S/C24H29ClN2O3/c1-16-12-21-19(4-7-23(28)26-21)14-22(16)30-15-18-8-10-27(11-9-18)24(29)13-17-2-5-20(25)6-3-17/h2-3,5-6,14,16,18H,4,7-13,15H2,1H3,(H,26,28). The van der Waals surface area contributed by atoms with E-state index in [1.165, 1.54) is 5.57 Å². The van der Waals surface area contributed by atoms with Gasteiger partial charge >= 0.3 is 0 Å². The first-order chi connectivity index (χ1) is 14.5. The smallest absolute Gasteiger partial charge is 0.226 e. The molecule has 0 saturated carbocycles. The number of amides is 2. The molecular weight excluding hydrogens is 400 g/mol. The van der Waals surface area contributed by atoms with Gasteiger partial charge in [0.15, 0.2) is 0 Å². The summed E-state index contributed by atoms with van der Waals surface area (Å²) < 4.78 is 6.21. The maximum Gasteiger partial charge on any atom is 0.226 e. The predicted octanol–water partition coefficient (Wildman–Crippen LogP) is 4.23. The van der Waals surface area contributed by atoms with E-state index in [1.54, 1.807) is 0 Å². The summed E-state index contributed by atoms with van der Waals surface area (Å²) in [5, 5.41) is 3.70. The van der Waals surface area contributed by atoms with Crippen molar-refractivity contribution < 1.29 is 14.3 Å². The van der Waals surface area contributed by atoms with Crippen LogP contribution < -0.4 is 5.32 Å². The molecule has 6 heteroatoms. The van der Waals surface area contributed by atoms with Gasteiger partial charge in [-0.15, -0.1) is 0 Å². The molecule has 1 aliphatic carbocycles. The van der Waals surface area contributed by atoms with E-state index in [2.05, 4.69) is 18.3 Å². The third kappa shape index (κ3) is 5.07. The zero-order valence-electron chi connectivity index (χ0n) is 17.5. The largest absolute Gasteiger partial charge is 0.497 e. The molecule has 2 amide bonds. The van der Waals surface area contributed by atoms with Crippen LogP contribution >= 0.6 is 11.6 Å². The quantitative estimate of drug-likeness (QED) is 0.763. The Morgan fingerprint density at radius 1 is 1.20 bits per heavy atom.